The molecule has 131 heavy (non-hydrogen) atoms. The lowest BCUT2D eigenvalue weighted by molar-refractivity contribution is -0.169. The Kier molecular flexibility index (Phi) is 28.7. The van der Waals surface area contributed by atoms with Gasteiger partial charge in [-0.3, -0.25) is 87.5 Å². The lowest BCUT2D eigenvalue weighted by atomic mass is 9.72. The van der Waals surface area contributed by atoms with Gasteiger partial charge in [0.25, 0.3) is 35.4 Å². The molecule has 32 nitrogen and oxygen atoms in total. The minimum absolute atomic E-state index is 0.0344. The molecule has 11 N–H and O–H groups in total. The lowest BCUT2D eigenvalue weighted by Crippen LogP contribution is -2.61. The van der Waals surface area contributed by atoms with Gasteiger partial charge in [0, 0.05) is 47.6 Å². The number of ether oxygens (including phenoxy) is 3. The second kappa shape index (κ2) is 39.9. The fourth-order valence-electron chi connectivity index (χ4n) is 20.0. The number of cyclic esters (lactones) is 3. The van der Waals surface area contributed by atoms with Gasteiger partial charge < -0.3 is 56.3 Å². The van der Waals surface area contributed by atoms with Crippen molar-refractivity contribution in [2.45, 2.75) is 289 Å². The summed E-state index contributed by atoms with van der Waals surface area (Å²) in [7, 11) is 0. The molecule has 14 atom stereocenters. The van der Waals surface area contributed by atoms with E-state index in [0.29, 0.717) is 136 Å². The van der Waals surface area contributed by atoms with E-state index in [4.69, 9.17) is 29.2 Å². The number of carbonyl (C=O) groups excluding carboxylic acids is 12. The van der Waals surface area contributed by atoms with E-state index < -0.39 is 184 Å². The Morgan fingerprint density at radius 3 is 1.08 bits per heavy atom. The average molecular weight is 1800 g/mol. The van der Waals surface area contributed by atoms with E-state index in [1.165, 1.54) is 35.8 Å². The number of aliphatic hydroxyl groups excluding tert-OH is 2. The van der Waals surface area contributed by atoms with Gasteiger partial charge in [-0.05, 0) is 227 Å². The average Bonchev–Trinajstić information content (AvgIpc) is 1.28. The molecule has 0 radical (unpaired) electrons. The molecule has 3 saturated carbocycles. The second-order valence-electron chi connectivity index (χ2n) is 38.6. The molecule has 698 valence electrons. The van der Waals surface area contributed by atoms with E-state index in [2.05, 4.69) is 48.2 Å². The van der Waals surface area contributed by atoms with Crippen LogP contribution < -0.4 is 48.2 Å². The summed E-state index contributed by atoms with van der Waals surface area (Å²) in [6.45, 7) is 17.7. The quantitative estimate of drug-likeness (QED) is 0.0524. The highest BCUT2D eigenvalue weighted by Crippen LogP contribution is 2.45. The molecule has 32 heteroatoms. The highest BCUT2D eigenvalue weighted by molar-refractivity contribution is 5.97. The molecule has 6 fully saturated rings. The Labute approximate surface area is 762 Å². The third-order valence-corrected chi connectivity index (χ3v) is 28.2. The van der Waals surface area contributed by atoms with Gasteiger partial charge in [0.05, 0.1) is 80.2 Å². The summed E-state index contributed by atoms with van der Waals surface area (Å²) in [4.78, 5) is 194. The van der Waals surface area contributed by atoms with Crippen LogP contribution in [-0.4, -0.2) is 198 Å². The predicted molar refractivity (Wildman–Crippen MR) is 488 cm³/mol. The zero-order valence-electron chi connectivity index (χ0n) is 76.5. The SMILES string of the molecule is CC1NC(=O)C(C(C)Cc2cc3cc4nc(ccc24)[C@@H](C)NC(=O)[C@@H]2CCCN(N2)C(=O)[C@H](C)NC(=O)[C@H](C(C)Cc2cc4cc5nc(ccc25)[C@@H](C)NC(=O)[C@@H]2CCCN(N2)C(=O)[C@H](C)NC(=O)[C@H](C(C)C)OC(=O)[C@]2(/C=C/4)CC[C@H](O)CC2)OC(=O)C2(/C=C/3)CCCCC2)OC(=O)C2(/C=C/c3ccc4ccc(nc4c3)C(C)NC(=O)C3CCCN(N3)C1=O)CCC(O)CC2. The summed E-state index contributed by atoms with van der Waals surface area (Å²) >= 11 is 0. The number of aromatic nitrogens is 3. The van der Waals surface area contributed by atoms with Crippen LogP contribution >= 0.6 is 0 Å². The molecule has 3 aromatic heterocycles. The molecule has 3 aliphatic carbocycles. The predicted octanol–water partition coefficient (Wildman–Crippen LogP) is 8.89. The molecule has 15 rings (SSSR count). The molecule has 9 amide bonds. The highest BCUT2D eigenvalue weighted by Gasteiger charge is 2.49. The first kappa shape index (κ1) is 94.2. The number of aliphatic hydroxyl groups is 2. The van der Waals surface area contributed by atoms with Gasteiger partial charge in [-0.2, -0.15) is 0 Å². The summed E-state index contributed by atoms with van der Waals surface area (Å²) in [5.74, 6) is -9.38. The van der Waals surface area contributed by atoms with Gasteiger partial charge in [0.1, 0.15) is 36.3 Å². The molecule has 6 aliphatic heterocycles. The van der Waals surface area contributed by atoms with Gasteiger partial charge in [-0.25, -0.2) is 16.3 Å². The topological polar surface area (TPSA) is 430 Å². The van der Waals surface area contributed by atoms with Crippen molar-refractivity contribution in [1.29, 1.82) is 0 Å². The number of hydrazine groups is 3. The van der Waals surface area contributed by atoms with Gasteiger partial charge in [-0.1, -0.05) is 126 Å². The largest absolute Gasteiger partial charge is 0.451 e. The van der Waals surface area contributed by atoms with Crippen LogP contribution in [0.2, 0.25) is 0 Å². The smallest absolute Gasteiger partial charge is 0.316 e. The van der Waals surface area contributed by atoms with Crippen LogP contribution in [0.5, 0.6) is 0 Å². The van der Waals surface area contributed by atoms with Gasteiger partial charge in [-0.15, -0.1) is 0 Å². The first-order chi connectivity index (χ1) is 62.6. The molecule has 9 aliphatic rings. The van der Waals surface area contributed by atoms with Crippen molar-refractivity contribution < 1.29 is 82.0 Å². The summed E-state index contributed by atoms with van der Waals surface area (Å²) < 4.78 is 19.7. The monoisotopic (exact) mass is 1800 g/mol. The first-order valence-electron chi connectivity index (χ1n) is 47.0. The summed E-state index contributed by atoms with van der Waals surface area (Å²) in [6, 6.07) is 16.4. The number of hydrogen-bond acceptors (Lipinski definition) is 23. The highest BCUT2D eigenvalue weighted by atomic mass is 16.6. The maximum Gasteiger partial charge on any atom is 0.316 e. The molecule has 6 aromatic rings. The molecular weight excluding hydrogens is 1670 g/mol. The summed E-state index contributed by atoms with van der Waals surface area (Å²) in [6.07, 6.45) is 11.7. The van der Waals surface area contributed by atoms with Crippen LogP contribution in [0, 0.1) is 34.0 Å². The van der Waals surface area contributed by atoms with E-state index in [-0.39, 0.29) is 89.7 Å². The molecule has 3 spiro atoms. The number of fused-ring (bicyclic) bond motifs is 12. The van der Waals surface area contributed by atoms with Crippen molar-refractivity contribution in [3.63, 3.8) is 0 Å². The number of nitrogens with zero attached hydrogens (tertiary/aromatic N) is 6. The van der Waals surface area contributed by atoms with Gasteiger partial charge in [0.15, 0.2) is 18.3 Å². The van der Waals surface area contributed by atoms with Crippen LogP contribution in [0.25, 0.3) is 50.9 Å². The molecule has 9 heterocycles. The standard InChI is InChI=1S/C99H125N15O17/c1-54(2)82-88(120)103-60(8)91(123)112-44-14-18-77(109-112)86(118)101-59(7)75-27-24-72-68(50-65(53-81(72)108-75)30-39-99(95(127)129-82)42-33-70(116)34-43-99)47-55(3)83-89(121)104-61(9)92(124)114-46-16-19-78(111-114)87(119)102-58(6)74-26-23-71-67(49-64(52-80(71)107-74)29-38-97(94(126)130-83)35-12-11-13-36-97)48-56(4)84-90(122)105-62(10)93(125)113-45-15-17-76(110-113)85(117)100-57(5)73-25-22-66-21-20-63(51-79(66)106-73)28-37-98(96(128)131-84)40-31-69(115)32-41-98/h20-30,37-39,49-62,69-70,76-78,82-84,109-111,115-116H,11-19,31-36,40-48H2,1-10H3,(H,100,117)(H,101,118)(H,102,119)(H,103,120)(H,104,121)(H,105,122)/b37-28+,38-29+,39-30+/t55?,56?,57?,58-,59-,60+,61+,62?,69?,70-,76?,77+,78+,82+,83+,84?,98?,99+/m1/s1. The number of rotatable bonds is 7. The van der Waals surface area contributed by atoms with Crippen LogP contribution in [0.1, 0.15) is 254 Å². The molecule has 3 aromatic carbocycles. The van der Waals surface area contributed by atoms with Crippen molar-refractivity contribution in [2.75, 3.05) is 19.6 Å². The van der Waals surface area contributed by atoms with E-state index >= 15 is 24.0 Å². The summed E-state index contributed by atoms with van der Waals surface area (Å²) in [5.41, 5.74) is 11.5. The fraction of sp³-hybridized carbons (Fsp3) is 0.545. The van der Waals surface area contributed by atoms with E-state index in [1.807, 2.05) is 91.9 Å². The Morgan fingerprint density at radius 1 is 0.366 bits per heavy atom. The van der Waals surface area contributed by atoms with Crippen molar-refractivity contribution in [2.24, 2.45) is 34.0 Å². The van der Waals surface area contributed by atoms with E-state index in [0.717, 1.165) is 11.8 Å². The number of carbonyl (C=O) groups is 12. The molecular formula is C99H125N15O17. The second-order valence-corrected chi connectivity index (χ2v) is 38.6. The van der Waals surface area contributed by atoms with Crippen molar-refractivity contribution in [3.05, 3.63) is 142 Å². The van der Waals surface area contributed by atoms with Crippen LogP contribution in [-0.2, 0) is 84.6 Å². The van der Waals surface area contributed by atoms with Crippen LogP contribution in [0.4, 0.5) is 0 Å². The van der Waals surface area contributed by atoms with Crippen molar-refractivity contribution >= 4 is 122 Å². The van der Waals surface area contributed by atoms with Crippen LogP contribution in [0.3, 0.4) is 0 Å². The normalized spacial score (nSPS) is 31.0. The van der Waals surface area contributed by atoms with Crippen molar-refractivity contribution in [1.82, 2.24) is 78.2 Å². The maximum atomic E-state index is 16.1. The lowest BCUT2D eigenvalue weighted by Gasteiger charge is -2.37. The van der Waals surface area contributed by atoms with Gasteiger partial charge >= 0.3 is 17.9 Å². The van der Waals surface area contributed by atoms with E-state index in [1.54, 1.807) is 71.9 Å². The number of esters is 3. The zero-order valence-corrected chi connectivity index (χ0v) is 76.5. The van der Waals surface area contributed by atoms with Crippen LogP contribution in [0.15, 0.2) is 97.1 Å². The van der Waals surface area contributed by atoms with Crippen molar-refractivity contribution in [3.8, 4) is 0 Å². The Morgan fingerprint density at radius 2 is 0.695 bits per heavy atom. The third-order valence-electron chi connectivity index (χ3n) is 28.2. The number of nitrogens with one attached hydrogen (secondary N) is 9. The Hall–Kier alpha value is -11.5. The Balaban J connectivity index is 0.793. The maximum absolute atomic E-state index is 16.1. The van der Waals surface area contributed by atoms with Gasteiger partial charge in [0.2, 0.25) is 17.7 Å². The minimum atomic E-state index is -1.59. The first-order valence-corrected chi connectivity index (χ1v) is 47.0. The molecule has 3 saturated heterocycles. The van der Waals surface area contributed by atoms with E-state index in [9.17, 15) is 43.8 Å². The Bertz CT molecular complexity index is 5500. The zero-order chi connectivity index (χ0) is 93.1. The fourth-order valence-corrected chi connectivity index (χ4v) is 20.0. The molecule has 15 bridgehead atoms. The number of amides is 9. The number of benzene rings is 3. The summed E-state index contributed by atoms with van der Waals surface area (Å²) in [5, 5.41) is 46.0. The minimum Gasteiger partial charge on any atom is -0.451 e. The molecule has 6 unspecified atom stereocenters. The third kappa shape index (κ3) is 21.1. The number of pyridine rings is 3. The number of hydrogen-bond donors (Lipinski definition) is 11.